The molecule has 0 saturated carbocycles. The maximum absolute atomic E-state index is 4.44. The van der Waals surface area contributed by atoms with Gasteiger partial charge >= 0.3 is 0 Å². The number of anilines is 1. The quantitative estimate of drug-likeness (QED) is 0.687. The first-order chi connectivity index (χ1) is 6.95. The van der Waals surface area contributed by atoms with Crippen LogP contribution < -0.4 is 10.2 Å². The number of fused-ring (bicyclic) bond motifs is 1. The lowest BCUT2D eigenvalue weighted by molar-refractivity contribution is 0.632. The molecule has 4 nitrogen and oxygen atoms in total. The molecular formula is C10H16N4. The number of H-pyrrole nitrogens is 1. The summed E-state index contributed by atoms with van der Waals surface area (Å²) in [6.45, 7) is 4.42. The molecule has 2 N–H and O–H groups in total. The van der Waals surface area contributed by atoms with Crippen LogP contribution in [0.15, 0.2) is 0 Å². The molecule has 3 rings (SSSR count). The third kappa shape index (κ3) is 1.21. The van der Waals surface area contributed by atoms with Gasteiger partial charge in [0.1, 0.15) is 0 Å². The summed E-state index contributed by atoms with van der Waals surface area (Å²) in [7, 11) is 0. The highest BCUT2D eigenvalue weighted by Crippen LogP contribution is 2.26. The van der Waals surface area contributed by atoms with Gasteiger partial charge in [-0.05, 0) is 25.8 Å². The Hall–Kier alpha value is -1.03. The maximum atomic E-state index is 4.44. The Morgan fingerprint density at radius 1 is 1.21 bits per heavy atom. The number of hydrogen-bond donors (Lipinski definition) is 2. The molecule has 76 valence electrons. The normalized spacial score (nSPS) is 21.3. The Morgan fingerprint density at radius 3 is 2.93 bits per heavy atom. The predicted molar refractivity (Wildman–Crippen MR) is 55.4 cm³/mol. The lowest BCUT2D eigenvalue weighted by Crippen LogP contribution is -2.25. The van der Waals surface area contributed by atoms with E-state index in [0.29, 0.717) is 0 Å². The Kier molecular flexibility index (Phi) is 1.94. The minimum atomic E-state index is 0.955. The van der Waals surface area contributed by atoms with E-state index in [4.69, 9.17) is 0 Å². The monoisotopic (exact) mass is 192 g/mol. The molecule has 2 aliphatic rings. The number of hydrogen-bond acceptors (Lipinski definition) is 3. The van der Waals surface area contributed by atoms with Crippen LogP contribution in [0, 0.1) is 0 Å². The average molecular weight is 192 g/mol. The van der Waals surface area contributed by atoms with E-state index in [-0.39, 0.29) is 0 Å². The first kappa shape index (κ1) is 8.29. The van der Waals surface area contributed by atoms with Gasteiger partial charge < -0.3 is 10.2 Å². The second-order valence-electron chi connectivity index (χ2n) is 4.13. The third-order valence-electron chi connectivity index (χ3n) is 3.19. The molecule has 14 heavy (non-hydrogen) atoms. The van der Waals surface area contributed by atoms with E-state index >= 15 is 0 Å². The second kappa shape index (κ2) is 3.28. The average Bonchev–Trinajstić information content (AvgIpc) is 2.85. The summed E-state index contributed by atoms with van der Waals surface area (Å²) in [4.78, 5) is 2.42. The molecule has 1 aromatic heterocycles. The standard InChI is InChI=1S/C10H16N4/c1-2-6-14(5-1)10-8-3-4-11-7-9(8)12-13-10/h11H,1-7H2,(H,12,13). The fraction of sp³-hybridized carbons (Fsp3) is 0.700. The lowest BCUT2D eigenvalue weighted by Gasteiger charge is -2.18. The van der Waals surface area contributed by atoms with Gasteiger partial charge in [-0.1, -0.05) is 0 Å². The Labute approximate surface area is 83.7 Å². The molecule has 1 aromatic rings. The van der Waals surface area contributed by atoms with Crippen molar-refractivity contribution in [3.05, 3.63) is 11.3 Å². The van der Waals surface area contributed by atoms with E-state index in [1.807, 2.05) is 0 Å². The largest absolute Gasteiger partial charge is 0.355 e. The molecule has 1 saturated heterocycles. The van der Waals surface area contributed by atoms with E-state index < -0.39 is 0 Å². The van der Waals surface area contributed by atoms with Crippen molar-refractivity contribution in [2.24, 2.45) is 0 Å². The minimum absolute atomic E-state index is 0.955. The molecular weight excluding hydrogens is 176 g/mol. The van der Waals surface area contributed by atoms with Gasteiger partial charge in [0.15, 0.2) is 5.82 Å². The molecule has 0 unspecified atom stereocenters. The van der Waals surface area contributed by atoms with Crippen LogP contribution >= 0.6 is 0 Å². The Bertz CT molecular complexity index is 325. The minimum Gasteiger partial charge on any atom is -0.355 e. The van der Waals surface area contributed by atoms with Crippen LogP contribution in [0.1, 0.15) is 24.1 Å². The van der Waals surface area contributed by atoms with Gasteiger partial charge in [0.05, 0.1) is 5.69 Å². The number of aromatic amines is 1. The zero-order valence-electron chi connectivity index (χ0n) is 8.34. The topological polar surface area (TPSA) is 44.0 Å². The number of nitrogens with zero attached hydrogens (tertiary/aromatic N) is 2. The summed E-state index contributed by atoms with van der Waals surface area (Å²) in [6.07, 6.45) is 3.76. The first-order valence-corrected chi connectivity index (χ1v) is 5.47. The summed E-state index contributed by atoms with van der Waals surface area (Å²) in [5.41, 5.74) is 2.74. The highest BCUT2D eigenvalue weighted by molar-refractivity contribution is 5.50. The van der Waals surface area contributed by atoms with E-state index in [9.17, 15) is 0 Å². The van der Waals surface area contributed by atoms with Gasteiger partial charge in [0.25, 0.3) is 0 Å². The number of rotatable bonds is 1. The zero-order valence-corrected chi connectivity index (χ0v) is 8.34. The molecule has 0 radical (unpaired) electrons. The second-order valence-corrected chi connectivity index (χ2v) is 4.13. The van der Waals surface area contributed by atoms with Crippen molar-refractivity contribution < 1.29 is 0 Å². The highest BCUT2D eigenvalue weighted by Gasteiger charge is 2.22. The summed E-state index contributed by atoms with van der Waals surface area (Å²) >= 11 is 0. The van der Waals surface area contributed by atoms with Gasteiger partial charge in [-0.2, -0.15) is 5.10 Å². The molecule has 3 heterocycles. The van der Waals surface area contributed by atoms with Crippen LogP contribution in [-0.2, 0) is 13.0 Å². The highest BCUT2D eigenvalue weighted by atomic mass is 15.3. The number of nitrogens with one attached hydrogen (secondary N) is 2. The van der Waals surface area contributed by atoms with Crippen molar-refractivity contribution in [2.75, 3.05) is 24.5 Å². The number of aromatic nitrogens is 2. The molecule has 0 amide bonds. The molecule has 4 heteroatoms. The molecule has 1 fully saturated rings. The van der Waals surface area contributed by atoms with Crippen molar-refractivity contribution in [1.82, 2.24) is 15.5 Å². The predicted octanol–water partition coefficient (Wildman–Crippen LogP) is 0.656. The summed E-state index contributed by atoms with van der Waals surface area (Å²) < 4.78 is 0. The Balaban J connectivity index is 1.93. The lowest BCUT2D eigenvalue weighted by atomic mass is 10.1. The van der Waals surface area contributed by atoms with Crippen molar-refractivity contribution in [3.8, 4) is 0 Å². The van der Waals surface area contributed by atoms with E-state index in [0.717, 1.165) is 19.5 Å². The van der Waals surface area contributed by atoms with Gasteiger partial charge in [0, 0.05) is 25.2 Å². The summed E-state index contributed by atoms with van der Waals surface area (Å²) in [5, 5.41) is 10.9. The third-order valence-corrected chi connectivity index (χ3v) is 3.19. The molecule has 0 atom stereocenters. The molecule has 0 bridgehead atoms. The zero-order chi connectivity index (χ0) is 9.38. The molecule has 0 aromatic carbocycles. The van der Waals surface area contributed by atoms with Crippen LogP contribution in [-0.4, -0.2) is 29.8 Å². The summed E-state index contributed by atoms with van der Waals surface area (Å²) in [5.74, 6) is 1.22. The summed E-state index contributed by atoms with van der Waals surface area (Å²) in [6, 6.07) is 0. The van der Waals surface area contributed by atoms with E-state index in [2.05, 4.69) is 20.4 Å². The van der Waals surface area contributed by atoms with E-state index in [1.54, 1.807) is 0 Å². The fourth-order valence-corrected chi connectivity index (χ4v) is 2.42. The molecule has 2 aliphatic heterocycles. The molecule has 0 spiro atoms. The van der Waals surface area contributed by atoms with Crippen LogP contribution in [0.5, 0.6) is 0 Å². The maximum Gasteiger partial charge on any atom is 0.153 e. The van der Waals surface area contributed by atoms with Crippen molar-refractivity contribution in [3.63, 3.8) is 0 Å². The van der Waals surface area contributed by atoms with Crippen LogP contribution in [0.4, 0.5) is 5.82 Å². The smallest absolute Gasteiger partial charge is 0.153 e. The van der Waals surface area contributed by atoms with Gasteiger partial charge in [-0.25, -0.2) is 0 Å². The first-order valence-electron chi connectivity index (χ1n) is 5.47. The van der Waals surface area contributed by atoms with Crippen molar-refractivity contribution in [1.29, 1.82) is 0 Å². The fourth-order valence-electron chi connectivity index (χ4n) is 2.42. The van der Waals surface area contributed by atoms with Crippen molar-refractivity contribution >= 4 is 5.82 Å². The van der Waals surface area contributed by atoms with Crippen LogP contribution in [0.25, 0.3) is 0 Å². The van der Waals surface area contributed by atoms with Crippen LogP contribution in [0.2, 0.25) is 0 Å². The Morgan fingerprint density at radius 2 is 2.07 bits per heavy atom. The van der Waals surface area contributed by atoms with Gasteiger partial charge in [-0.3, -0.25) is 5.10 Å². The van der Waals surface area contributed by atoms with Gasteiger partial charge in [-0.15, -0.1) is 0 Å². The SMILES string of the molecule is C1CCN(c2n[nH]c3c2CCNC3)C1. The van der Waals surface area contributed by atoms with E-state index in [1.165, 1.54) is 43.0 Å². The molecule has 0 aliphatic carbocycles. The van der Waals surface area contributed by atoms with Crippen molar-refractivity contribution in [2.45, 2.75) is 25.8 Å². The van der Waals surface area contributed by atoms with Crippen LogP contribution in [0.3, 0.4) is 0 Å². The van der Waals surface area contributed by atoms with Gasteiger partial charge in [0.2, 0.25) is 0 Å².